The summed E-state index contributed by atoms with van der Waals surface area (Å²) in [5.41, 5.74) is 8.72. The van der Waals surface area contributed by atoms with Gasteiger partial charge in [0.05, 0.1) is 0 Å². The lowest BCUT2D eigenvalue weighted by Crippen LogP contribution is -1.89. The van der Waals surface area contributed by atoms with Gasteiger partial charge in [0.25, 0.3) is 6.01 Å². The van der Waals surface area contributed by atoms with Crippen LogP contribution in [0.5, 0.6) is 0 Å². The molecule has 0 amide bonds. The molecule has 3 N–H and O–H groups in total. The highest BCUT2D eigenvalue weighted by atomic mass is 79.9. The fraction of sp³-hybridized carbons (Fsp3) is 0. The number of hydrogen-bond acceptors (Lipinski definition) is 4. The second kappa shape index (κ2) is 4.34. The van der Waals surface area contributed by atoms with Gasteiger partial charge in [0.15, 0.2) is 5.58 Å². The van der Waals surface area contributed by atoms with Gasteiger partial charge in [-0.3, -0.25) is 0 Å². The number of nitrogens with one attached hydrogen (secondary N) is 1. The first-order valence-corrected chi connectivity index (χ1v) is 6.19. The van der Waals surface area contributed by atoms with Crippen LogP contribution in [0.4, 0.5) is 17.4 Å². The number of nitrogens with two attached hydrogens (primary N) is 1. The third kappa shape index (κ3) is 2.17. The Balaban J connectivity index is 1.92. The van der Waals surface area contributed by atoms with Crippen LogP contribution >= 0.6 is 15.9 Å². The van der Waals surface area contributed by atoms with E-state index in [1.54, 1.807) is 12.1 Å². The summed E-state index contributed by atoms with van der Waals surface area (Å²) in [6.45, 7) is 0. The largest absolute Gasteiger partial charge is 0.423 e. The number of anilines is 3. The molecule has 0 aliphatic rings. The number of fused-ring (bicyclic) bond motifs is 1. The Kier molecular flexibility index (Phi) is 2.68. The Morgan fingerprint density at radius 1 is 1.11 bits per heavy atom. The van der Waals surface area contributed by atoms with Gasteiger partial charge in [0.1, 0.15) is 5.52 Å². The van der Waals surface area contributed by atoms with Crippen molar-refractivity contribution in [3.05, 3.63) is 46.9 Å². The van der Waals surface area contributed by atoms with Gasteiger partial charge in [-0.25, -0.2) is 0 Å². The lowest BCUT2D eigenvalue weighted by molar-refractivity contribution is 0.623. The van der Waals surface area contributed by atoms with Crippen LogP contribution in [0.25, 0.3) is 11.1 Å². The maximum atomic E-state index is 5.69. The van der Waals surface area contributed by atoms with E-state index in [0.29, 0.717) is 17.3 Å². The van der Waals surface area contributed by atoms with Crippen LogP contribution in [0, 0.1) is 0 Å². The number of halogens is 1. The summed E-state index contributed by atoms with van der Waals surface area (Å²) in [5.74, 6) is 0. The van der Waals surface area contributed by atoms with Gasteiger partial charge in [-0.05, 0) is 36.4 Å². The molecule has 0 atom stereocenters. The summed E-state index contributed by atoms with van der Waals surface area (Å²) in [5, 5.41) is 3.10. The van der Waals surface area contributed by atoms with Crippen molar-refractivity contribution < 1.29 is 4.42 Å². The monoisotopic (exact) mass is 303 g/mol. The molecule has 90 valence electrons. The SMILES string of the molecule is Nc1ccc2nc(Nc3ccc(Br)cc3)oc2c1. The first-order chi connectivity index (χ1) is 8.70. The molecule has 5 heteroatoms. The second-order valence-corrected chi connectivity index (χ2v) is 4.79. The van der Waals surface area contributed by atoms with Crippen molar-refractivity contribution in [1.82, 2.24) is 4.98 Å². The van der Waals surface area contributed by atoms with Gasteiger partial charge in [0.2, 0.25) is 0 Å². The fourth-order valence-corrected chi connectivity index (χ4v) is 1.92. The standard InChI is InChI=1S/C13H10BrN3O/c14-8-1-4-10(5-2-8)16-13-17-11-6-3-9(15)7-12(11)18-13/h1-7H,15H2,(H,16,17). The van der Waals surface area contributed by atoms with Crippen molar-refractivity contribution >= 4 is 44.4 Å². The lowest BCUT2D eigenvalue weighted by Gasteiger charge is -2.00. The third-order valence-corrected chi connectivity index (χ3v) is 3.04. The number of hydrogen-bond donors (Lipinski definition) is 2. The van der Waals surface area contributed by atoms with Gasteiger partial charge in [0, 0.05) is 21.9 Å². The summed E-state index contributed by atoms with van der Waals surface area (Å²) in [4.78, 5) is 4.33. The Bertz CT molecular complexity index is 691. The zero-order chi connectivity index (χ0) is 12.5. The minimum Gasteiger partial charge on any atom is -0.423 e. The Hall–Kier alpha value is -2.01. The maximum absolute atomic E-state index is 5.69. The lowest BCUT2D eigenvalue weighted by atomic mass is 10.3. The molecule has 0 fully saturated rings. The van der Waals surface area contributed by atoms with Gasteiger partial charge in [-0.1, -0.05) is 15.9 Å². The van der Waals surface area contributed by atoms with Crippen molar-refractivity contribution in [3.63, 3.8) is 0 Å². The van der Waals surface area contributed by atoms with E-state index in [9.17, 15) is 0 Å². The zero-order valence-electron chi connectivity index (χ0n) is 9.35. The highest BCUT2D eigenvalue weighted by Crippen LogP contribution is 2.24. The number of nitrogen functional groups attached to an aromatic ring is 1. The van der Waals surface area contributed by atoms with E-state index < -0.39 is 0 Å². The van der Waals surface area contributed by atoms with E-state index in [1.807, 2.05) is 30.3 Å². The third-order valence-electron chi connectivity index (χ3n) is 2.51. The maximum Gasteiger partial charge on any atom is 0.300 e. The minimum atomic E-state index is 0.456. The van der Waals surface area contributed by atoms with E-state index in [1.165, 1.54) is 0 Å². The average molecular weight is 304 g/mol. The van der Waals surface area contributed by atoms with Crippen molar-refractivity contribution in [1.29, 1.82) is 0 Å². The van der Waals surface area contributed by atoms with E-state index in [4.69, 9.17) is 10.2 Å². The predicted octanol–water partition coefficient (Wildman–Crippen LogP) is 3.92. The molecule has 0 unspecified atom stereocenters. The quantitative estimate of drug-likeness (QED) is 0.704. The number of rotatable bonds is 2. The van der Waals surface area contributed by atoms with E-state index in [2.05, 4.69) is 26.2 Å². The van der Waals surface area contributed by atoms with E-state index in [-0.39, 0.29) is 0 Å². The number of oxazole rings is 1. The Morgan fingerprint density at radius 3 is 2.67 bits per heavy atom. The van der Waals surface area contributed by atoms with Crippen LogP contribution in [0.3, 0.4) is 0 Å². The van der Waals surface area contributed by atoms with Crippen molar-refractivity contribution in [2.24, 2.45) is 0 Å². The zero-order valence-corrected chi connectivity index (χ0v) is 10.9. The molecular formula is C13H10BrN3O. The van der Waals surface area contributed by atoms with E-state index >= 15 is 0 Å². The van der Waals surface area contributed by atoms with Gasteiger partial charge >= 0.3 is 0 Å². The molecule has 0 radical (unpaired) electrons. The highest BCUT2D eigenvalue weighted by Gasteiger charge is 2.05. The van der Waals surface area contributed by atoms with Crippen LogP contribution in [0.15, 0.2) is 51.4 Å². The number of nitrogens with zero attached hydrogens (tertiary/aromatic N) is 1. The van der Waals surface area contributed by atoms with Crippen LogP contribution in [0.1, 0.15) is 0 Å². The van der Waals surface area contributed by atoms with Crippen molar-refractivity contribution in [3.8, 4) is 0 Å². The number of aromatic nitrogens is 1. The molecule has 0 saturated heterocycles. The normalized spacial score (nSPS) is 10.7. The Morgan fingerprint density at radius 2 is 1.89 bits per heavy atom. The summed E-state index contributed by atoms with van der Waals surface area (Å²) in [7, 11) is 0. The minimum absolute atomic E-state index is 0.456. The number of benzene rings is 2. The molecule has 3 rings (SSSR count). The molecule has 1 heterocycles. The van der Waals surface area contributed by atoms with Crippen LogP contribution < -0.4 is 11.1 Å². The van der Waals surface area contributed by atoms with Crippen LogP contribution in [-0.2, 0) is 0 Å². The summed E-state index contributed by atoms with van der Waals surface area (Å²) in [6.07, 6.45) is 0. The first-order valence-electron chi connectivity index (χ1n) is 5.39. The molecule has 2 aromatic carbocycles. The molecular weight excluding hydrogens is 294 g/mol. The molecule has 4 nitrogen and oxygen atoms in total. The van der Waals surface area contributed by atoms with Crippen molar-refractivity contribution in [2.45, 2.75) is 0 Å². The second-order valence-electron chi connectivity index (χ2n) is 3.88. The van der Waals surface area contributed by atoms with E-state index in [0.717, 1.165) is 15.7 Å². The molecule has 0 spiro atoms. The van der Waals surface area contributed by atoms with Crippen LogP contribution in [0.2, 0.25) is 0 Å². The molecule has 18 heavy (non-hydrogen) atoms. The Labute approximate surface area is 112 Å². The average Bonchev–Trinajstić information content (AvgIpc) is 2.73. The summed E-state index contributed by atoms with van der Waals surface area (Å²) >= 11 is 3.39. The van der Waals surface area contributed by atoms with Crippen molar-refractivity contribution in [2.75, 3.05) is 11.1 Å². The highest BCUT2D eigenvalue weighted by molar-refractivity contribution is 9.10. The molecule has 0 aliphatic carbocycles. The first kappa shape index (κ1) is 11.1. The summed E-state index contributed by atoms with van der Waals surface area (Å²) < 4.78 is 6.60. The van der Waals surface area contributed by atoms with Gasteiger partial charge in [-0.15, -0.1) is 0 Å². The topological polar surface area (TPSA) is 64.1 Å². The molecule has 0 bridgehead atoms. The molecule has 1 aromatic heterocycles. The predicted molar refractivity (Wildman–Crippen MR) is 75.8 cm³/mol. The van der Waals surface area contributed by atoms with Crippen LogP contribution in [-0.4, -0.2) is 4.98 Å². The van der Waals surface area contributed by atoms with Gasteiger partial charge < -0.3 is 15.5 Å². The molecule has 0 saturated carbocycles. The van der Waals surface area contributed by atoms with Gasteiger partial charge in [-0.2, -0.15) is 4.98 Å². The molecule has 0 aliphatic heterocycles. The molecule has 3 aromatic rings. The smallest absolute Gasteiger partial charge is 0.300 e. The fourth-order valence-electron chi connectivity index (χ4n) is 1.65. The summed E-state index contributed by atoms with van der Waals surface area (Å²) in [6, 6.07) is 13.6.